The molecular formula is C17H18ClN3O3. The largest absolute Gasteiger partial charge is 0.508 e. The molecule has 0 radical (unpaired) electrons. The number of para-hydroxylation sites is 1. The Bertz CT molecular complexity index is 746. The number of piperazine rings is 1. The Labute approximate surface area is 145 Å². The molecule has 0 bridgehead atoms. The number of nitro benzene ring substituents is 1. The van der Waals surface area contributed by atoms with Gasteiger partial charge in [0.2, 0.25) is 0 Å². The quantitative estimate of drug-likeness (QED) is 0.679. The van der Waals surface area contributed by atoms with E-state index in [-0.39, 0.29) is 11.4 Å². The van der Waals surface area contributed by atoms with Crippen LogP contribution >= 0.6 is 11.6 Å². The number of halogens is 1. The van der Waals surface area contributed by atoms with Gasteiger partial charge in [-0.1, -0.05) is 23.7 Å². The molecule has 1 aliphatic heterocycles. The van der Waals surface area contributed by atoms with E-state index in [4.69, 9.17) is 11.6 Å². The number of benzene rings is 2. The van der Waals surface area contributed by atoms with Gasteiger partial charge in [-0.2, -0.15) is 0 Å². The van der Waals surface area contributed by atoms with Crippen molar-refractivity contribution >= 4 is 23.0 Å². The van der Waals surface area contributed by atoms with Crippen LogP contribution in [0, 0.1) is 10.1 Å². The van der Waals surface area contributed by atoms with Crippen molar-refractivity contribution in [1.29, 1.82) is 0 Å². The van der Waals surface area contributed by atoms with Crippen molar-refractivity contribution in [3.63, 3.8) is 0 Å². The summed E-state index contributed by atoms with van der Waals surface area (Å²) in [6.07, 6.45) is 0. The van der Waals surface area contributed by atoms with Gasteiger partial charge in [-0.3, -0.25) is 15.0 Å². The molecule has 6 nitrogen and oxygen atoms in total. The number of rotatable bonds is 4. The monoisotopic (exact) mass is 347 g/mol. The zero-order valence-electron chi connectivity index (χ0n) is 13.1. The maximum Gasteiger partial charge on any atom is 0.270 e. The molecule has 1 N–H and O–H groups in total. The molecule has 1 heterocycles. The maximum atomic E-state index is 10.9. The van der Waals surface area contributed by atoms with Crippen molar-refractivity contribution in [3.8, 4) is 5.75 Å². The zero-order chi connectivity index (χ0) is 17.1. The number of nitro groups is 1. The van der Waals surface area contributed by atoms with Crippen LogP contribution in [0.15, 0.2) is 42.5 Å². The molecule has 1 saturated heterocycles. The Balaban J connectivity index is 1.65. The van der Waals surface area contributed by atoms with Gasteiger partial charge < -0.3 is 10.0 Å². The molecule has 0 atom stereocenters. The average molecular weight is 348 g/mol. The van der Waals surface area contributed by atoms with Gasteiger partial charge in [-0.25, -0.2) is 0 Å². The Hall–Kier alpha value is -2.31. The molecule has 7 heteroatoms. The van der Waals surface area contributed by atoms with Crippen molar-refractivity contribution < 1.29 is 10.0 Å². The van der Waals surface area contributed by atoms with E-state index in [1.54, 1.807) is 0 Å². The summed E-state index contributed by atoms with van der Waals surface area (Å²) in [6, 6.07) is 11.9. The molecular weight excluding hydrogens is 330 g/mol. The SMILES string of the molecule is O=[N+]([O-])c1ccc(O)c(CN2CCN(c3ccccc3Cl)CC2)c1. The summed E-state index contributed by atoms with van der Waals surface area (Å²) in [5, 5.41) is 21.6. The van der Waals surface area contributed by atoms with Crippen LogP contribution < -0.4 is 4.90 Å². The molecule has 24 heavy (non-hydrogen) atoms. The fraction of sp³-hybridized carbons (Fsp3) is 0.294. The predicted molar refractivity (Wildman–Crippen MR) is 93.7 cm³/mol. The van der Waals surface area contributed by atoms with Crippen LogP contribution in [0.1, 0.15) is 5.56 Å². The highest BCUT2D eigenvalue weighted by atomic mass is 35.5. The summed E-state index contributed by atoms with van der Waals surface area (Å²) in [4.78, 5) is 14.8. The van der Waals surface area contributed by atoms with Crippen molar-refractivity contribution in [3.05, 3.63) is 63.2 Å². The second-order valence-electron chi connectivity index (χ2n) is 5.78. The topological polar surface area (TPSA) is 69.8 Å². The Morgan fingerprint density at radius 3 is 2.50 bits per heavy atom. The molecule has 2 aromatic carbocycles. The van der Waals surface area contributed by atoms with Gasteiger partial charge in [0.1, 0.15) is 5.75 Å². The van der Waals surface area contributed by atoms with E-state index in [1.807, 2.05) is 24.3 Å². The van der Waals surface area contributed by atoms with Crippen LogP contribution in [0.5, 0.6) is 5.75 Å². The minimum absolute atomic E-state index is 0.00231. The highest BCUT2D eigenvalue weighted by Crippen LogP contribution is 2.28. The average Bonchev–Trinajstić information content (AvgIpc) is 2.58. The highest BCUT2D eigenvalue weighted by molar-refractivity contribution is 6.33. The van der Waals surface area contributed by atoms with E-state index in [2.05, 4.69) is 9.80 Å². The summed E-state index contributed by atoms with van der Waals surface area (Å²) in [7, 11) is 0. The molecule has 2 aromatic rings. The van der Waals surface area contributed by atoms with E-state index >= 15 is 0 Å². The number of anilines is 1. The first-order valence-corrected chi connectivity index (χ1v) is 8.10. The van der Waals surface area contributed by atoms with E-state index < -0.39 is 4.92 Å². The van der Waals surface area contributed by atoms with Crippen LogP contribution in [0.25, 0.3) is 0 Å². The fourth-order valence-corrected chi connectivity index (χ4v) is 3.16. The number of hydrogen-bond acceptors (Lipinski definition) is 5. The predicted octanol–water partition coefficient (Wildman–Crippen LogP) is 3.28. The molecule has 126 valence electrons. The Kier molecular flexibility index (Phi) is 4.87. The van der Waals surface area contributed by atoms with Crippen molar-refractivity contribution in [2.75, 3.05) is 31.1 Å². The van der Waals surface area contributed by atoms with Gasteiger partial charge in [0.05, 0.1) is 15.6 Å². The number of hydrogen-bond donors (Lipinski definition) is 1. The lowest BCUT2D eigenvalue weighted by molar-refractivity contribution is -0.385. The molecule has 1 aliphatic rings. The first-order chi connectivity index (χ1) is 11.5. The van der Waals surface area contributed by atoms with Crippen LogP contribution in [-0.2, 0) is 6.54 Å². The molecule has 0 saturated carbocycles. The van der Waals surface area contributed by atoms with E-state index in [1.165, 1.54) is 18.2 Å². The van der Waals surface area contributed by atoms with Crippen LogP contribution in [0.4, 0.5) is 11.4 Å². The maximum absolute atomic E-state index is 10.9. The third-order valence-corrected chi connectivity index (χ3v) is 4.55. The van der Waals surface area contributed by atoms with E-state index in [0.29, 0.717) is 12.1 Å². The first kappa shape index (κ1) is 16.5. The summed E-state index contributed by atoms with van der Waals surface area (Å²) >= 11 is 6.24. The molecule has 0 spiro atoms. The molecule has 1 fully saturated rings. The van der Waals surface area contributed by atoms with Gasteiger partial charge in [-0.15, -0.1) is 0 Å². The van der Waals surface area contributed by atoms with Gasteiger partial charge in [-0.05, 0) is 18.2 Å². The van der Waals surface area contributed by atoms with Gasteiger partial charge in [0.25, 0.3) is 5.69 Å². The third-order valence-electron chi connectivity index (χ3n) is 4.23. The van der Waals surface area contributed by atoms with Crippen molar-refractivity contribution in [1.82, 2.24) is 4.90 Å². The molecule has 0 aromatic heterocycles. The minimum atomic E-state index is -0.446. The molecule has 3 rings (SSSR count). The van der Waals surface area contributed by atoms with E-state index in [9.17, 15) is 15.2 Å². The summed E-state index contributed by atoms with van der Waals surface area (Å²) in [5.41, 5.74) is 1.60. The van der Waals surface area contributed by atoms with E-state index in [0.717, 1.165) is 36.9 Å². The zero-order valence-corrected chi connectivity index (χ0v) is 13.8. The minimum Gasteiger partial charge on any atom is -0.508 e. The van der Waals surface area contributed by atoms with Gasteiger partial charge in [0, 0.05) is 50.4 Å². The lowest BCUT2D eigenvalue weighted by Crippen LogP contribution is -2.46. The lowest BCUT2D eigenvalue weighted by Gasteiger charge is -2.36. The van der Waals surface area contributed by atoms with Crippen LogP contribution in [0.3, 0.4) is 0 Å². The standard InChI is InChI=1S/C17H18ClN3O3/c18-15-3-1-2-4-16(15)20-9-7-19(8-10-20)12-13-11-14(21(23)24)5-6-17(13)22/h1-6,11,22H,7-10,12H2. The number of phenolic OH excluding ortho intramolecular Hbond substituents is 1. The smallest absolute Gasteiger partial charge is 0.270 e. The fourth-order valence-electron chi connectivity index (χ4n) is 2.91. The van der Waals surface area contributed by atoms with Gasteiger partial charge >= 0.3 is 0 Å². The molecule has 0 amide bonds. The van der Waals surface area contributed by atoms with Gasteiger partial charge in [0.15, 0.2) is 0 Å². The lowest BCUT2D eigenvalue weighted by atomic mass is 10.1. The van der Waals surface area contributed by atoms with Crippen LogP contribution in [-0.4, -0.2) is 41.1 Å². The van der Waals surface area contributed by atoms with Crippen molar-refractivity contribution in [2.24, 2.45) is 0 Å². The van der Waals surface area contributed by atoms with Crippen LogP contribution in [0.2, 0.25) is 5.02 Å². The highest BCUT2D eigenvalue weighted by Gasteiger charge is 2.20. The second kappa shape index (κ2) is 7.07. The Morgan fingerprint density at radius 1 is 1.12 bits per heavy atom. The summed E-state index contributed by atoms with van der Waals surface area (Å²) < 4.78 is 0. The summed E-state index contributed by atoms with van der Waals surface area (Å²) in [6.45, 7) is 3.73. The first-order valence-electron chi connectivity index (χ1n) is 7.73. The number of phenols is 1. The number of aromatic hydroxyl groups is 1. The number of non-ortho nitro benzene ring substituents is 1. The summed E-state index contributed by atoms with van der Waals surface area (Å²) in [5.74, 6) is 0.0918. The molecule has 0 aliphatic carbocycles. The third kappa shape index (κ3) is 3.60. The van der Waals surface area contributed by atoms with Crippen molar-refractivity contribution in [2.45, 2.75) is 6.54 Å². The Morgan fingerprint density at radius 2 is 1.83 bits per heavy atom. The number of nitrogens with zero attached hydrogens (tertiary/aromatic N) is 3. The second-order valence-corrected chi connectivity index (χ2v) is 6.19. The molecule has 0 unspecified atom stereocenters. The normalized spacial score (nSPS) is 15.5.